The number of aliphatic hydroxyl groups is 2. The third-order valence-corrected chi connectivity index (χ3v) is 3.95. The van der Waals surface area contributed by atoms with E-state index < -0.39 is 5.60 Å². The molecular weight excluding hydrogens is 260 g/mol. The summed E-state index contributed by atoms with van der Waals surface area (Å²) in [6, 6.07) is 0. The standard InChI is InChI=1S/C13H18N4O3/c1-8-4-17(12-10(8)11(14)15-7-16-12)9-2-3-13(5-18,6-19)20-9/h4,7,9,18-19H,2-3,5-6H2,1H3,(H2,14,15,16). The first-order valence-corrected chi connectivity index (χ1v) is 6.57. The van der Waals surface area contributed by atoms with Gasteiger partial charge in [-0.15, -0.1) is 0 Å². The summed E-state index contributed by atoms with van der Waals surface area (Å²) in [5.74, 6) is 0.444. The highest BCUT2D eigenvalue weighted by Crippen LogP contribution is 2.38. The zero-order valence-electron chi connectivity index (χ0n) is 11.3. The molecule has 1 aliphatic heterocycles. The van der Waals surface area contributed by atoms with Crippen molar-refractivity contribution in [2.45, 2.75) is 31.6 Å². The van der Waals surface area contributed by atoms with Gasteiger partial charge in [0, 0.05) is 6.20 Å². The second-order valence-electron chi connectivity index (χ2n) is 5.29. The minimum absolute atomic E-state index is 0.199. The van der Waals surface area contributed by atoms with Crippen molar-refractivity contribution in [2.75, 3.05) is 18.9 Å². The molecule has 1 fully saturated rings. The van der Waals surface area contributed by atoms with E-state index in [4.69, 9.17) is 10.5 Å². The molecule has 1 saturated heterocycles. The van der Waals surface area contributed by atoms with E-state index in [9.17, 15) is 10.2 Å². The van der Waals surface area contributed by atoms with Crippen molar-refractivity contribution in [3.63, 3.8) is 0 Å². The summed E-state index contributed by atoms with van der Waals surface area (Å²) in [6.45, 7) is 1.55. The first-order chi connectivity index (χ1) is 9.60. The number of anilines is 1. The van der Waals surface area contributed by atoms with Gasteiger partial charge < -0.3 is 25.3 Å². The molecule has 2 aromatic rings. The monoisotopic (exact) mass is 278 g/mol. The van der Waals surface area contributed by atoms with Crippen molar-refractivity contribution in [1.82, 2.24) is 14.5 Å². The van der Waals surface area contributed by atoms with Crippen molar-refractivity contribution < 1.29 is 14.9 Å². The van der Waals surface area contributed by atoms with Gasteiger partial charge in [-0.05, 0) is 25.3 Å². The van der Waals surface area contributed by atoms with Crippen molar-refractivity contribution in [3.05, 3.63) is 18.1 Å². The molecule has 0 aliphatic carbocycles. The van der Waals surface area contributed by atoms with Crippen LogP contribution >= 0.6 is 0 Å². The van der Waals surface area contributed by atoms with Gasteiger partial charge in [0.2, 0.25) is 0 Å². The van der Waals surface area contributed by atoms with Gasteiger partial charge in [-0.1, -0.05) is 0 Å². The summed E-state index contributed by atoms with van der Waals surface area (Å²) in [5, 5.41) is 19.6. The van der Waals surface area contributed by atoms with E-state index in [1.807, 2.05) is 17.7 Å². The average Bonchev–Trinajstić information content (AvgIpc) is 3.02. The van der Waals surface area contributed by atoms with Crippen molar-refractivity contribution >= 4 is 16.9 Å². The number of fused-ring (bicyclic) bond motifs is 1. The fourth-order valence-corrected chi connectivity index (χ4v) is 2.79. The molecule has 108 valence electrons. The van der Waals surface area contributed by atoms with Crippen LogP contribution in [0.5, 0.6) is 0 Å². The van der Waals surface area contributed by atoms with Crippen molar-refractivity contribution in [1.29, 1.82) is 0 Å². The molecule has 2 aromatic heterocycles. The number of aliphatic hydroxyl groups excluding tert-OH is 2. The number of hydrogen-bond acceptors (Lipinski definition) is 6. The van der Waals surface area contributed by atoms with Crippen molar-refractivity contribution in [3.8, 4) is 0 Å². The summed E-state index contributed by atoms with van der Waals surface area (Å²) in [7, 11) is 0. The third kappa shape index (κ3) is 1.86. The molecule has 0 bridgehead atoms. The second kappa shape index (κ2) is 4.69. The van der Waals surface area contributed by atoms with Crippen LogP contribution in [0.2, 0.25) is 0 Å². The first-order valence-electron chi connectivity index (χ1n) is 6.57. The number of nitrogen functional groups attached to an aromatic ring is 1. The fraction of sp³-hybridized carbons (Fsp3) is 0.538. The molecule has 1 aliphatic rings. The number of nitrogens with two attached hydrogens (primary N) is 1. The maximum atomic E-state index is 9.40. The molecule has 4 N–H and O–H groups in total. The van der Waals surface area contributed by atoms with Crippen LogP contribution in [0.25, 0.3) is 11.0 Å². The van der Waals surface area contributed by atoms with Crippen LogP contribution in [0.15, 0.2) is 12.5 Å². The third-order valence-electron chi connectivity index (χ3n) is 3.95. The largest absolute Gasteiger partial charge is 0.393 e. The van der Waals surface area contributed by atoms with E-state index in [1.54, 1.807) is 0 Å². The molecule has 3 heterocycles. The Labute approximate surface area is 116 Å². The lowest BCUT2D eigenvalue weighted by Crippen LogP contribution is -2.37. The molecule has 0 amide bonds. The lowest BCUT2D eigenvalue weighted by molar-refractivity contribution is -0.120. The highest BCUT2D eigenvalue weighted by atomic mass is 16.5. The van der Waals surface area contributed by atoms with E-state index in [1.165, 1.54) is 6.33 Å². The Morgan fingerprint density at radius 1 is 1.45 bits per heavy atom. The van der Waals surface area contributed by atoms with Crippen LogP contribution in [-0.2, 0) is 4.74 Å². The Morgan fingerprint density at radius 3 is 2.85 bits per heavy atom. The van der Waals surface area contributed by atoms with Gasteiger partial charge in [-0.25, -0.2) is 9.97 Å². The van der Waals surface area contributed by atoms with Gasteiger partial charge in [0.1, 0.15) is 29.6 Å². The van der Waals surface area contributed by atoms with E-state index in [0.717, 1.165) is 10.9 Å². The highest BCUT2D eigenvalue weighted by Gasteiger charge is 2.40. The van der Waals surface area contributed by atoms with Gasteiger partial charge in [-0.3, -0.25) is 0 Å². The second-order valence-corrected chi connectivity index (χ2v) is 5.29. The SMILES string of the molecule is Cc1cn(C2CCC(CO)(CO)O2)c2ncnc(N)c12. The number of nitrogens with zero attached hydrogens (tertiary/aromatic N) is 3. The van der Waals surface area contributed by atoms with Crippen LogP contribution in [0.1, 0.15) is 24.6 Å². The molecule has 7 nitrogen and oxygen atoms in total. The first kappa shape index (κ1) is 13.3. The lowest BCUT2D eigenvalue weighted by atomic mass is 10.0. The number of rotatable bonds is 3. The number of aromatic nitrogens is 3. The van der Waals surface area contributed by atoms with Gasteiger partial charge in [0.15, 0.2) is 0 Å². The number of hydrogen-bond donors (Lipinski definition) is 3. The zero-order chi connectivity index (χ0) is 14.3. The Hall–Kier alpha value is -1.70. The molecule has 1 unspecified atom stereocenters. The van der Waals surface area contributed by atoms with E-state index >= 15 is 0 Å². The van der Waals surface area contributed by atoms with Crippen LogP contribution in [-0.4, -0.2) is 43.6 Å². The van der Waals surface area contributed by atoms with Gasteiger partial charge in [0.25, 0.3) is 0 Å². The summed E-state index contributed by atoms with van der Waals surface area (Å²) in [4.78, 5) is 8.28. The minimum Gasteiger partial charge on any atom is -0.393 e. The summed E-state index contributed by atoms with van der Waals surface area (Å²) >= 11 is 0. The number of ether oxygens (including phenoxy) is 1. The lowest BCUT2D eigenvalue weighted by Gasteiger charge is -2.25. The molecule has 3 rings (SSSR count). The molecular formula is C13H18N4O3. The Morgan fingerprint density at radius 2 is 2.20 bits per heavy atom. The molecule has 0 saturated carbocycles. The predicted molar refractivity (Wildman–Crippen MR) is 72.9 cm³/mol. The van der Waals surface area contributed by atoms with Gasteiger partial charge >= 0.3 is 0 Å². The molecule has 20 heavy (non-hydrogen) atoms. The van der Waals surface area contributed by atoms with Gasteiger partial charge in [0.05, 0.1) is 18.6 Å². The Balaban J connectivity index is 2.02. The van der Waals surface area contributed by atoms with Gasteiger partial charge in [-0.2, -0.15) is 0 Å². The van der Waals surface area contributed by atoms with Crippen LogP contribution in [0.3, 0.4) is 0 Å². The minimum atomic E-state index is -0.867. The smallest absolute Gasteiger partial charge is 0.147 e. The highest BCUT2D eigenvalue weighted by molar-refractivity contribution is 5.89. The fourth-order valence-electron chi connectivity index (χ4n) is 2.79. The Bertz CT molecular complexity index is 636. The normalized spacial score (nSPS) is 21.6. The number of aryl methyl sites for hydroxylation is 1. The average molecular weight is 278 g/mol. The summed E-state index contributed by atoms with van der Waals surface area (Å²) in [6.07, 6.45) is 4.39. The zero-order valence-corrected chi connectivity index (χ0v) is 11.3. The predicted octanol–water partition coefficient (Wildman–Crippen LogP) is 0.354. The maximum absolute atomic E-state index is 9.40. The van der Waals surface area contributed by atoms with Crippen LogP contribution < -0.4 is 5.73 Å². The molecule has 0 spiro atoms. The van der Waals surface area contributed by atoms with E-state index in [-0.39, 0.29) is 19.4 Å². The van der Waals surface area contributed by atoms with E-state index in [2.05, 4.69) is 9.97 Å². The topological polar surface area (TPSA) is 106 Å². The quantitative estimate of drug-likeness (QED) is 0.748. The molecule has 7 heteroatoms. The van der Waals surface area contributed by atoms with Crippen LogP contribution in [0, 0.1) is 6.92 Å². The molecule has 0 aromatic carbocycles. The molecule has 0 radical (unpaired) electrons. The van der Waals surface area contributed by atoms with E-state index in [0.29, 0.717) is 24.3 Å². The maximum Gasteiger partial charge on any atom is 0.147 e. The van der Waals surface area contributed by atoms with Crippen molar-refractivity contribution in [2.24, 2.45) is 0 Å². The Kier molecular flexibility index (Phi) is 3.12. The summed E-state index contributed by atoms with van der Waals surface area (Å²) < 4.78 is 7.76. The van der Waals surface area contributed by atoms with Crippen LogP contribution in [0.4, 0.5) is 5.82 Å². The molecule has 1 atom stereocenters. The summed E-state index contributed by atoms with van der Waals surface area (Å²) in [5.41, 5.74) is 6.72.